The molecule has 4 fully saturated rings. The second-order valence-corrected chi connectivity index (χ2v) is 5.32. The van der Waals surface area contributed by atoms with Crippen molar-refractivity contribution in [1.29, 1.82) is 0 Å². The molecule has 3 heterocycles. The zero-order chi connectivity index (χ0) is 9.12. The summed E-state index contributed by atoms with van der Waals surface area (Å²) in [7, 11) is 0. The average Bonchev–Trinajstić information content (AvgIpc) is 2.87. The van der Waals surface area contributed by atoms with E-state index < -0.39 is 0 Å². The number of nitrogens with zero attached hydrogens (tertiary/aromatic N) is 1. The minimum Gasteiger partial charge on any atom is -0.298 e. The molecule has 4 aliphatic rings. The normalized spacial score (nSPS) is 56.1. The zero-order valence-electron chi connectivity index (χ0n) is 8.48. The molecule has 0 aromatic heterocycles. The molecule has 0 amide bonds. The highest BCUT2D eigenvalue weighted by molar-refractivity contribution is 5.11. The highest BCUT2D eigenvalue weighted by atomic mass is 16.7. The fourth-order valence-corrected chi connectivity index (χ4v) is 4.35. The third-order valence-electron chi connectivity index (χ3n) is 4.82. The van der Waals surface area contributed by atoms with Crippen LogP contribution < -0.4 is 5.48 Å². The quantitative estimate of drug-likeness (QED) is 0.620. The van der Waals surface area contributed by atoms with E-state index in [4.69, 9.17) is 4.84 Å². The molecule has 1 saturated carbocycles. The lowest BCUT2D eigenvalue weighted by Crippen LogP contribution is -2.40. The molecule has 3 heteroatoms. The van der Waals surface area contributed by atoms with Crippen molar-refractivity contribution >= 4 is 0 Å². The molecular weight excluding hydrogens is 176 g/mol. The molecule has 4 rings (SSSR count). The Morgan fingerprint density at radius 2 is 2.00 bits per heavy atom. The molecule has 3 saturated heterocycles. The van der Waals surface area contributed by atoms with Crippen LogP contribution >= 0.6 is 0 Å². The first-order valence-electron chi connectivity index (χ1n) is 6.12. The van der Waals surface area contributed by atoms with Crippen LogP contribution in [-0.2, 0) is 4.84 Å². The summed E-state index contributed by atoms with van der Waals surface area (Å²) in [5, 5.41) is 0. The molecule has 1 N–H and O–H groups in total. The second-order valence-electron chi connectivity index (χ2n) is 5.32. The molecule has 0 aromatic carbocycles. The first kappa shape index (κ1) is 8.08. The van der Waals surface area contributed by atoms with Crippen LogP contribution in [0.5, 0.6) is 0 Å². The summed E-state index contributed by atoms with van der Waals surface area (Å²) in [5.41, 5.74) is 3.32. The van der Waals surface area contributed by atoms with Gasteiger partial charge in [0.2, 0.25) is 0 Å². The summed E-state index contributed by atoms with van der Waals surface area (Å²) in [6, 6.07) is 2.31. The number of hydroxylamine groups is 1. The van der Waals surface area contributed by atoms with Gasteiger partial charge in [0.1, 0.15) is 0 Å². The van der Waals surface area contributed by atoms with Crippen molar-refractivity contribution in [3.05, 3.63) is 0 Å². The molecular formula is C11H18N2O. The number of nitrogens with one attached hydrogen (secondary N) is 1. The number of rotatable bonds is 0. The molecule has 0 bridgehead atoms. The first-order valence-corrected chi connectivity index (χ1v) is 6.12. The summed E-state index contributed by atoms with van der Waals surface area (Å²) in [4.78, 5) is 8.50. The lowest BCUT2D eigenvalue weighted by molar-refractivity contribution is -0.0254. The predicted octanol–water partition coefficient (Wildman–Crippen LogP) is 0.905. The Morgan fingerprint density at radius 3 is 3.00 bits per heavy atom. The Kier molecular flexibility index (Phi) is 1.57. The predicted molar refractivity (Wildman–Crippen MR) is 52.7 cm³/mol. The van der Waals surface area contributed by atoms with Crippen LogP contribution in [0.2, 0.25) is 0 Å². The molecule has 3 aliphatic heterocycles. The van der Waals surface area contributed by atoms with Crippen LogP contribution in [0.15, 0.2) is 0 Å². The monoisotopic (exact) mass is 194 g/mol. The van der Waals surface area contributed by atoms with Crippen molar-refractivity contribution in [2.75, 3.05) is 6.54 Å². The largest absolute Gasteiger partial charge is 0.298 e. The molecule has 0 unspecified atom stereocenters. The van der Waals surface area contributed by atoms with Crippen molar-refractivity contribution in [2.45, 2.75) is 56.3 Å². The summed E-state index contributed by atoms with van der Waals surface area (Å²) < 4.78 is 0. The van der Waals surface area contributed by atoms with Gasteiger partial charge in [-0.1, -0.05) is 0 Å². The third kappa shape index (κ3) is 0.841. The second kappa shape index (κ2) is 2.71. The maximum absolute atomic E-state index is 5.72. The maximum atomic E-state index is 5.72. The fourth-order valence-electron chi connectivity index (χ4n) is 4.35. The SMILES string of the molecule is C1C[C@@H]2ON[C@H]3[C@@H]2[C@@H](C1)N1CCC[C@@H]31. The third-order valence-corrected chi connectivity index (χ3v) is 4.82. The van der Waals surface area contributed by atoms with Gasteiger partial charge in [-0.05, 0) is 38.6 Å². The van der Waals surface area contributed by atoms with E-state index in [1.54, 1.807) is 0 Å². The Balaban J connectivity index is 1.72. The van der Waals surface area contributed by atoms with Crippen molar-refractivity contribution in [2.24, 2.45) is 5.92 Å². The smallest absolute Gasteiger partial charge is 0.0849 e. The zero-order valence-corrected chi connectivity index (χ0v) is 8.48. The molecule has 3 nitrogen and oxygen atoms in total. The maximum Gasteiger partial charge on any atom is 0.0849 e. The van der Waals surface area contributed by atoms with E-state index in [1.807, 2.05) is 0 Å². The van der Waals surface area contributed by atoms with Gasteiger partial charge in [-0.15, -0.1) is 0 Å². The molecule has 0 aromatic rings. The summed E-state index contributed by atoms with van der Waals surface area (Å²) in [6.07, 6.45) is 7.38. The molecule has 78 valence electrons. The van der Waals surface area contributed by atoms with Gasteiger partial charge in [-0.2, -0.15) is 5.48 Å². The van der Waals surface area contributed by atoms with Crippen LogP contribution in [-0.4, -0.2) is 35.7 Å². The number of hydrogen-bond donors (Lipinski definition) is 1. The van der Waals surface area contributed by atoms with Crippen molar-refractivity contribution in [3.63, 3.8) is 0 Å². The van der Waals surface area contributed by atoms with Gasteiger partial charge in [0.15, 0.2) is 0 Å². The van der Waals surface area contributed by atoms with Crippen molar-refractivity contribution in [3.8, 4) is 0 Å². The average molecular weight is 194 g/mol. The van der Waals surface area contributed by atoms with E-state index in [-0.39, 0.29) is 0 Å². The standard InChI is InChI=1S/C11H18N2O/c1-3-7-10-9(5-1)14-12-11(10)8-4-2-6-13(7)8/h7-12H,1-6H2/t7-,8+,9+,10-,11-/m1/s1. The minimum atomic E-state index is 0.532. The minimum absolute atomic E-state index is 0.532. The van der Waals surface area contributed by atoms with E-state index in [2.05, 4.69) is 10.4 Å². The Hall–Kier alpha value is -0.120. The van der Waals surface area contributed by atoms with E-state index in [0.717, 1.165) is 18.0 Å². The Bertz CT molecular complexity index is 254. The van der Waals surface area contributed by atoms with Gasteiger partial charge in [0, 0.05) is 18.0 Å². The summed E-state index contributed by atoms with van der Waals surface area (Å²) in [6.45, 7) is 1.34. The lowest BCUT2D eigenvalue weighted by atomic mass is 9.80. The van der Waals surface area contributed by atoms with E-state index in [1.165, 1.54) is 38.6 Å². The van der Waals surface area contributed by atoms with Crippen LogP contribution in [0.3, 0.4) is 0 Å². The van der Waals surface area contributed by atoms with E-state index in [9.17, 15) is 0 Å². The van der Waals surface area contributed by atoms with Crippen molar-refractivity contribution < 1.29 is 4.84 Å². The molecule has 0 spiro atoms. The van der Waals surface area contributed by atoms with Crippen LogP contribution in [0.1, 0.15) is 32.1 Å². The highest BCUT2D eigenvalue weighted by Gasteiger charge is 2.57. The molecule has 14 heavy (non-hydrogen) atoms. The van der Waals surface area contributed by atoms with Gasteiger partial charge >= 0.3 is 0 Å². The van der Waals surface area contributed by atoms with Crippen molar-refractivity contribution in [1.82, 2.24) is 10.4 Å². The highest BCUT2D eigenvalue weighted by Crippen LogP contribution is 2.47. The van der Waals surface area contributed by atoms with E-state index in [0.29, 0.717) is 12.1 Å². The Morgan fingerprint density at radius 1 is 1.07 bits per heavy atom. The van der Waals surface area contributed by atoms with E-state index >= 15 is 0 Å². The summed E-state index contributed by atoms with van der Waals surface area (Å²) >= 11 is 0. The lowest BCUT2D eigenvalue weighted by Gasteiger charge is -2.33. The first-order chi connectivity index (χ1) is 6.95. The van der Waals surface area contributed by atoms with Crippen LogP contribution in [0.25, 0.3) is 0 Å². The summed E-state index contributed by atoms with van der Waals surface area (Å²) in [5.74, 6) is 0.814. The fraction of sp³-hybridized carbons (Fsp3) is 1.00. The topological polar surface area (TPSA) is 24.5 Å². The van der Waals surface area contributed by atoms with Gasteiger partial charge in [0.25, 0.3) is 0 Å². The molecule has 0 radical (unpaired) electrons. The molecule has 5 atom stereocenters. The number of hydrogen-bond acceptors (Lipinski definition) is 3. The van der Waals surface area contributed by atoms with Crippen LogP contribution in [0.4, 0.5) is 0 Å². The van der Waals surface area contributed by atoms with Gasteiger partial charge in [-0.25, -0.2) is 0 Å². The van der Waals surface area contributed by atoms with Gasteiger partial charge in [0.05, 0.1) is 12.1 Å². The Labute approximate surface area is 84.7 Å². The number of fused-ring (bicyclic) bond motifs is 3. The van der Waals surface area contributed by atoms with Gasteiger partial charge < -0.3 is 0 Å². The van der Waals surface area contributed by atoms with Crippen LogP contribution in [0, 0.1) is 5.92 Å². The van der Waals surface area contributed by atoms with Gasteiger partial charge in [-0.3, -0.25) is 9.74 Å². The molecule has 1 aliphatic carbocycles.